The largest absolute Gasteiger partial charge is 0.310 e. The Balaban J connectivity index is 1.91. The number of hydrogen-bond donors (Lipinski definition) is 1. The summed E-state index contributed by atoms with van der Waals surface area (Å²) in [7, 11) is 0. The molecule has 1 aliphatic carbocycles. The summed E-state index contributed by atoms with van der Waals surface area (Å²) < 4.78 is 13.0. The molecule has 0 aromatic heterocycles. The minimum Gasteiger partial charge on any atom is -0.310 e. The molecular formula is C17H26FN. The van der Waals surface area contributed by atoms with Crippen molar-refractivity contribution in [2.24, 2.45) is 5.92 Å². The highest BCUT2D eigenvalue weighted by Crippen LogP contribution is 2.26. The van der Waals surface area contributed by atoms with Crippen molar-refractivity contribution in [1.29, 1.82) is 0 Å². The lowest BCUT2D eigenvalue weighted by atomic mass is 9.99. The Morgan fingerprint density at radius 3 is 2.53 bits per heavy atom. The summed E-state index contributed by atoms with van der Waals surface area (Å²) in [5, 5.41) is 3.71. The van der Waals surface area contributed by atoms with Gasteiger partial charge in [0.15, 0.2) is 0 Å². The second kappa shape index (κ2) is 7.64. The maximum absolute atomic E-state index is 13.0. The van der Waals surface area contributed by atoms with Crippen LogP contribution in [-0.4, -0.2) is 6.54 Å². The Morgan fingerprint density at radius 1 is 1.21 bits per heavy atom. The average molecular weight is 263 g/mol. The van der Waals surface area contributed by atoms with Crippen LogP contribution in [0.25, 0.3) is 0 Å². The Kier molecular flexibility index (Phi) is 5.84. The second-order valence-corrected chi connectivity index (χ2v) is 5.81. The number of hydrogen-bond acceptors (Lipinski definition) is 1. The van der Waals surface area contributed by atoms with Crippen LogP contribution in [0.3, 0.4) is 0 Å². The Labute approximate surface area is 116 Å². The molecule has 1 saturated carbocycles. The van der Waals surface area contributed by atoms with Crippen molar-refractivity contribution in [3.63, 3.8) is 0 Å². The molecule has 0 aliphatic heterocycles. The molecule has 1 aromatic rings. The highest BCUT2D eigenvalue weighted by Gasteiger charge is 2.17. The van der Waals surface area contributed by atoms with Gasteiger partial charge in [0.2, 0.25) is 0 Å². The third-order valence-electron chi connectivity index (χ3n) is 4.25. The van der Waals surface area contributed by atoms with E-state index in [1.54, 1.807) is 12.1 Å². The first kappa shape index (κ1) is 14.5. The van der Waals surface area contributed by atoms with Gasteiger partial charge in [0.25, 0.3) is 0 Å². The topological polar surface area (TPSA) is 12.0 Å². The fourth-order valence-corrected chi connectivity index (χ4v) is 3.01. The minimum atomic E-state index is -0.145. The van der Waals surface area contributed by atoms with Gasteiger partial charge in [-0.1, -0.05) is 44.7 Å². The molecule has 1 aliphatic rings. The molecule has 1 aromatic carbocycles. The third-order valence-corrected chi connectivity index (χ3v) is 4.25. The van der Waals surface area contributed by atoms with E-state index in [9.17, 15) is 4.39 Å². The highest BCUT2D eigenvalue weighted by atomic mass is 19.1. The van der Waals surface area contributed by atoms with E-state index in [1.165, 1.54) is 44.1 Å². The van der Waals surface area contributed by atoms with E-state index >= 15 is 0 Å². The maximum atomic E-state index is 13.0. The van der Waals surface area contributed by atoms with Crippen LogP contribution in [0, 0.1) is 11.7 Å². The molecule has 0 bridgehead atoms. The molecule has 1 fully saturated rings. The number of halogens is 1. The van der Waals surface area contributed by atoms with Crippen LogP contribution in [0.2, 0.25) is 0 Å². The first-order chi connectivity index (χ1) is 9.29. The smallest absolute Gasteiger partial charge is 0.123 e. The van der Waals surface area contributed by atoms with E-state index in [0.29, 0.717) is 6.04 Å². The molecule has 0 amide bonds. The van der Waals surface area contributed by atoms with Gasteiger partial charge in [-0.15, -0.1) is 0 Å². The zero-order chi connectivity index (χ0) is 13.5. The molecule has 2 rings (SSSR count). The van der Waals surface area contributed by atoms with Crippen molar-refractivity contribution >= 4 is 0 Å². The number of rotatable bonds is 7. The van der Waals surface area contributed by atoms with Crippen LogP contribution >= 0.6 is 0 Å². The molecule has 0 radical (unpaired) electrons. The highest BCUT2D eigenvalue weighted by molar-refractivity contribution is 5.19. The van der Waals surface area contributed by atoms with Gasteiger partial charge in [0.1, 0.15) is 5.82 Å². The van der Waals surface area contributed by atoms with Gasteiger partial charge >= 0.3 is 0 Å². The van der Waals surface area contributed by atoms with Gasteiger partial charge in [0, 0.05) is 6.04 Å². The zero-order valence-corrected chi connectivity index (χ0v) is 12.0. The van der Waals surface area contributed by atoms with Crippen LogP contribution < -0.4 is 5.32 Å². The molecule has 1 N–H and O–H groups in total. The molecular weight excluding hydrogens is 237 g/mol. The molecule has 1 nitrogen and oxygen atoms in total. The fourth-order valence-electron chi connectivity index (χ4n) is 3.01. The molecule has 19 heavy (non-hydrogen) atoms. The Bertz CT molecular complexity index is 354. The first-order valence-corrected chi connectivity index (χ1v) is 7.78. The minimum absolute atomic E-state index is 0.145. The SMILES string of the molecule is CCCCC(NCC1CCCC1)c1ccc(F)cc1. The van der Waals surface area contributed by atoms with E-state index in [4.69, 9.17) is 0 Å². The molecule has 1 atom stereocenters. The molecule has 0 spiro atoms. The second-order valence-electron chi connectivity index (χ2n) is 5.81. The summed E-state index contributed by atoms with van der Waals surface area (Å²) in [6, 6.07) is 7.40. The normalized spacial score (nSPS) is 17.8. The van der Waals surface area contributed by atoms with Gasteiger partial charge < -0.3 is 5.32 Å². The van der Waals surface area contributed by atoms with Crippen molar-refractivity contribution in [3.05, 3.63) is 35.6 Å². The summed E-state index contributed by atoms with van der Waals surface area (Å²) in [5.74, 6) is 0.707. The van der Waals surface area contributed by atoms with E-state index in [2.05, 4.69) is 12.2 Å². The lowest BCUT2D eigenvalue weighted by molar-refractivity contribution is 0.415. The molecule has 106 valence electrons. The standard InChI is InChI=1S/C17H26FN/c1-2-3-8-17(15-9-11-16(18)12-10-15)19-13-14-6-4-5-7-14/h9-12,14,17,19H,2-8,13H2,1H3. The molecule has 2 heteroatoms. The average Bonchev–Trinajstić information content (AvgIpc) is 2.93. The van der Waals surface area contributed by atoms with Crippen LogP contribution in [0.15, 0.2) is 24.3 Å². The lowest BCUT2D eigenvalue weighted by Crippen LogP contribution is -2.26. The van der Waals surface area contributed by atoms with Crippen LogP contribution in [0.5, 0.6) is 0 Å². The quantitative estimate of drug-likeness (QED) is 0.742. The van der Waals surface area contributed by atoms with Crippen molar-refractivity contribution in [2.75, 3.05) is 6.54 Å². The van der Waals surface area contributed by atoms with E-state index in [-0.39, 0.29) is 5.82 Å². The first-order valence-electron chi connectivity index (χ1n) is 7.78. The van der Waals surface area contributed by atoms with Crippen molar-refractivity contribution in [2.45, 2.75) is 57.9 Å². The van der Waals surface area contributed by atoms with Gasteiger partial charge in [-0.05, 0) is 49.4 Å². The summed E-state index contributed by atoms with van der Waals surface area (Å²) in [6.07, 6.45) is 9.11. The third kappa shape index (κ3) is 4.61. The van der Waals surface area contributed by atoms with Crippen molar-refractivity contribution in [3.8, 4) is 0 Å². The maximum Gasteiger partial charge on any atom is 0.123 e. The zero-order valence-electron chi connectivity index (χ0n) is 12.0. The predicted molar refractivity (Wildman–Crippen MR) is 78.6 cm³/mol. The molecule has 1 unspecified atom stereocenters. The van der Waals surface area contributed by atoms with E-state index < -0.39 is 0 Å². The summed E-state index contributed by atoms with van der Waals surface area (Å²) in [4.78, 5) is 0. The Morgan fingerprint density at radius 2 is 1.89 bits per heavy atom. The van der Waals surface area contributed by atoms with E-state index in [1.807, 2.05) is 12.1 Å². The van der Waals surface area contributed by atoms with Crippen LogP contribution in [-0.2, 0) is 0 Å². The fraction of sp³-hybridized carbons (Fsp3) is 0.647. The van der Waals surface area contributed by atoms with Gasteiger partial charge in [-0.25, -0.2) is 4.39 Å². The molecule has 0 saturated heterocycles. The summed E-state index contributed by atoms with van der Waals surface area (Å²) in [6.45, 7) is 3.34. The van der Waals surface area contributed by atoms with Gasteiger partial charge in [-0.3, -0.25) is 0 Å². The monoisotopic (exact) mass is 263 g/mol. The Hall–Kier alpha value is -0.890. The van der Waals surface area contributed by atoms with Crippen LogP contribution in [0.1, 0.15) is 63.5 Å². The lowest BCUT2D eigenvalue weighted by Gasteiger charge is -2.21. The number of nitrogens with one attached hydrogen (secondary N) is 1. The summed E-state index contributed by atoms with van der Waals surface area (Å²) in [5.41, 5.74) is 1.23. The van der Waals surface area contributed by atoms with Crippen LogP contribution in [0.4, 0.5) is 4.39 Å². The van der Waals surface area contributed by atoms with Gasteiger partial charge in [-0.2, -0.15) is 0 Å². The number of benzene rings is 1. The van der Waals surface area contributed by atoms with Crippen molar-refractivity contribution < 1.29 is 4.39 Å². The number of unbranched alkanes of at least 4 members (excludes halogenated alkanes) is 1. The molecule has 0 heterocycles. The predicted octanol–water partition coefficient (Wildman–Crippen LogP) is 4.84. The van der Waals surface area contributed by atoms with Gasteiger partial charge in [0.05, 0.1) is 0 Å². The summed E-state index contributed by atoms with van der Waals surface area (Å²) >= 11 is 0. The van der Waals surface area contributed by atoms with Crippen molar-refractivity contribution in [1.82, 2.24) is 5.32 Å². The van der Waals surface area contributed by atoms with E-state index in [0.717, 1.165) is 18.9 Å².